The van der Waals surface area contributed by atoms with Crippen LogP contribution < -0.4 is 5.32 Å². The van der Waals surface area contributed by atoms with Gasteiger partial charge in [0, 0.05) is 13.2 Å². The summed E-state index contributed by atoms with van der Waals surface area (Å²) in [7, 11) is 3.16. The maximum atomic E-state index is 12.8. The predicted octanol–water partition coefficient (Wildman–Crippen LogP) is 5.02. The maximum Gasteiger partial charge on any atom is 0.257 e. The van der Waals surface area contributed by atoms with Crippen molar-refractivity contribution in [1.29, 1.82) is 0 Å². The molecule has 188 valence electrons. The van der Waals surface area contributed by atoms with E-state index in [0.717, 1.165) is 4.90 Å². The van der Waals surface area contributed by atoms with Gasteiger partial charge in [-0.15, -0.1) is 0 Å². The van der Waals surface area contributed by atoms with Gasteiger partial charge in [0.05, 0.1) is 18.8 Å². The number of carbonyl (C=O) groups excluding carboxylic acids is 3. The highest BCUT2D eigenvalue weighted by molar-refractivity contribution is 6.67. The number of methoxy groups -OCH3 is 2. The number of nitrogens with one attached hydrogen (secondary N) is 1. The third-order valence-electron chi connectivity index (χ3n) is 4.21. The van der Waals surface area contributed by atoms with Gasteiger partial charge in [0.2, 0.25) is 6.41 Å². The molecule has 1 N–H and O–H groups in total. The zero-order valence-corrected chi connectivity index (χ0v) is 22.9. The molecule has 1 aliphatic heterocycles. The van der Waals surface area contributed by atoms with Crippen LogP contribution in [0.1, 0.15) is 67.7 Å². The summed E-state index contributed by atoms with van der Waals surface area (Å²) in [6.45, 7) is 14.0. The Balaban J connectivity index is 0. The van der Waals surface area contributed by atoms with E-state index >= 15 is 0 Å². The Hall–Kier alpha value is -1.02. The summed E-state index contributed by atoms with van der Waals surface area (Å²) in [6, 6.07) is -1.46. The molecule has 0 saturated carbocycles. The lowest BCUT2D eigenvalue weighted by Crippen LogP contribution is -2.51. The van der Waals surface area contributed by atoms with E-state index in [1.54, 1.807) is 7.11 Å². The third kappa shape index (κ3) is 13.5. The van der Waals surface area contributed by atoms with E-state index in [9.17, 15) is 14.4 Å². The standard InChI is InChI=1S/C15H21Cl3N2O4.C5H12O.C2H6/c1-9(2)6-11-12(24-3)7-13(22)20(11)14(23)10(19-8-21)4-5-15(16,17)18;1-5(2,3)6-4;1-2/h7-11H,4-6H2,1-3H3,(H,19,21);1-4H3;1-2H3. The van der Waals surface area contributed by atoms with E-state index in [4.69, 9.17) is 44.3 Å². The first-order chi connectivity index (χ1) is 14.7. The molecule has 0 bridgehead atoms. The second kappa shape index (κ2) is 15.8. The fraction of sp³-hybridized carbons (Fsp3) is 0.773. The molecule has 0 fully saturated rings. The van der Waals surface area contributed by atoms with Gasteiger partial charge >= 0.3 is 0 Å². The Bertz CT molecular complexity index is 614. The topological polar surface area (TPSA) is 84.9 Å². The Morgan fingerprint density at radius 1 is 1.22 bits per heavy atom. The van der Waals surface area contributed by atoms with Crippen LogP contribution >= 0.6 is 34.8 Å². The van der Waals surface area contributed by atoms with Crippen LogP contribution in [0.3, 0.4) is 0 Å². The monoisotopic (exact) mass is 516 g/mol. The number of alkyl halides is 3. The van der Waals surface area contributed by atoms with E-state index in [1.807, 2.05) is 48.5 Å². The second-order valence-corrected chi connectivity index (χ2v) is 10.8. The van der Waals surface area contributed by atoms with Gasteiger partial charge in [0.25, 0.3) is 11.8 Å². The summed E-state index contributed by atoms with van der Waals surface area (Å²) in [5.74, 6) is -0.369. The number of halogens is 3. The summed E-state index contributed by atoms with van der Waals surface area (Å²) in [4.78, 5) is 36.9. The summed E-state index contributed by atoms with van der Waals surface area (Å²) >= 11 is 17.1. The van der Waals surface area contributed by atoms with Crippen LogP contribution in [0.5, 0.6) is 0 Å². The van der Waals surface area contributed by atoms with Crippen LogP contribution in [-0.4, -0.2) is 58.8 Å². The molecular formula is C22H39Cl3N2O5. The minimum atomic E-state index is -1.55. The van der Waals surface area contributed by atoms with Crippen LogP contribution in [-0.2, 0) is 23.9 Å². The van der Waals surface area contributed by atoms with E-state index in [-0.39, 0.29) is 24.4 Å². The van der Waals surface area contributed by atoms with E-state index < -0.39 is 27.7 Å². The van der Waals surface area contributed by atoms with Crippen molar-refractivity contribution in [2.24, 2.45) is 5.92 Å². The molecule has 0 spiro atoms. The Morgan fingerprint density at radius 3 is 2.06 bits per heavy atom. The van der Waals surface area contributed by atoms with Crippen molar-refractivity contribution >= 4 is 53.0 Å². The lowest BCUT2D eigenvalue weighted by molar-refractivity contribution is -0.145. The van der Waals surface area contributed by atoms with Crippen LogP contribution in [0, 0.1) is 5.92 Å². The largest absolute Gasteiger partial charge is 0.499 e. The first kappa shape index (κ1) is 33.2. The number of hydrogen-bond donors (Lipinski definition) is 1. The highest BCUT2D eigenvalue weighted by atomic mass is 35.6. The average Bonchev–Trinajstić information content (AvgIpc) is 2.99. The third-order valence-corrected chi connectivity index (χ3v) is 4.77. The molecule has 0 aromatic carbocycles. The summed E-state index contributed by atoms with van der Waals surface area (Å²) in [5.41, 5.74) is 0.0417. The van der Waals surface area contributed by atoms with Crippen molar-refractivity contribution in [2.45, 2.75) is 89.2 Å². The molecular weight excluding hydrogens is 479 g/mol. The summed E-state index contributed by atoms with van der Waals surface area (Å²) in [5, 5.41) is 2.40. The van der Waals surface area contributed by atoms with Gasteiger partial charge in [-0.1, -0.05) is 62.5 Å². The van der Waals surface area contributed by atoms with Crippen molar-refractivity contribution in [3.8, 4) is 0 Å². The lowest BCUT2D eigenvalue weighted by Gasteiger charge is -2.29. The van der Waals surface area contributed by atoms with Crippen LogP contribution in [0.4, 0.5) is 0 Å². The van der Waals surface area contributed by atoms with Crippen LogP contribution in [0.25, 0.3) is 0 Å². The van der Waals surface area contributed by atoms with E-state index in [2.05, 4.69) is 5.32 Å². The molecule has 32 heavy (non-hydrogen) atoms. The van der Waals surface area contributed by atoms with Crippen molar-refractivity contribution in [2.75, 3.05) is 14.2 Å². The fourth-order valence-electron chi connectivity index (χ4n) is 2.53. The smallest absolute Gasteiger partial charge is 0.257 e. The normalized spacial score (nSPS) is 16.9. The van der Waals surface area contributed by atoms with Crippen molar-refractivity contribution in [1.82, 2.24) is 10.2 Å². The zero-order chi connectivity index (χ0) is 25.7. The zero-order valence-electron chi connectivity index (χ0n) is 20.6. The molecule has 10 heteroatoms. The molecule has 7 nitrogen and oxygen atoms in total. The van der Waals surface area contributed by atoms with Gasteiger partial charge in [0.15, 0.2) is 3.79 Å². The maximum absolute atomic E-state index is 12.8. The Labute approximate surface area is 208 Å². The van der Waals surface area contributed by atoms with Crippen molar-refractivity contribution in [3.05, 3.63) is 11.8 Å². The van der Waals surface area contributed by atoms with E-state index in [1.165, 1.54) is 13.2 Å². The van der Waals surface area contributed by atoms with Gasteiger partial charge < -0.3 is 14.8 Å². The molecule has 0 aliphatic carbocycles. The van der Waals surface area contributed by atoms with Gasteiger partial charge in [-0.3, -0.25) is 19.3 Å². The van der Waals surface area contributed by atoms with Gasteiger partial charge in [-0.05, 0) is 46.0 Å². The highest BCUT2D eigenvalue weighted by Gasteiger charge is 2.41. The molecule has 2 unspecified atom stereocenters. The van der Waals surface area contributed by atoms with Crippen molar-refractivity contribution in [3.63, 3.8) is 0 Å². The highest BCUT2D eigenvalue weighted by Crippen LogP contribution is 2.33. The molecule has 0 saturated heterocycles. The van der Waals surface area contributed by atoms with Gasteiger partial charge in [-0.25, -0.2) is 0 Å². The van der Waals surface area contributed by atoms with Crippen LogP contribution in [0.15, 0.2) is 11.8 Å². The molecule has 1 rings (SSSR count). The molecule has 1 heterocycles. The lowest BCUT2D eigenvalue weighted by atomic mass is 10.0. The molecule has 0 aromatic heterocycles. The molecule has 0 aromatic rings. The number of carbonyl (C=O) groups is 3. The summed E-state index contributed by atoms with van der Waals surface area (Å²) in [6.07, 6.45) is 2.38. The Morgan fingerprint density at radius 2 is 1.72 bits per heavy atom. The SMILES string of the molecule is CC.COC(C)(C)C.COC1=CC(=O)N(C(=O)C(CCC(Cl)(Cl)Cl)NC=O)C1CC(C)C. The summed E-state index contributed by atoms with van der Waals surface area (Å²) < 4.78 is 8.61. The number of amides is 3. The molecule has 1 aliphatic rings. The predicted molar refractivity (Wildman–Crippen MR) is 131 cm³/mol. The minimum absolute atomic E-state index is 0.0417. The number of rotatable bonds is 8. The van der Waals surface area contributed by atoms with Gasteiger partial charge in [0.1, 0.15) is 11.8 Å². The fourth-order valence-corrected chi connectivity index (χ4v) is 2.86. The van der Waals surface area contributed by atoms with E-state index in [0.29, 0.717) is 18.6 Å². The van der Waals surface area contributed by atoms with Crippen molar-refractivity contribution < 1.29 is 23.9 Å². The van der Waals surface area contributed by atoms with Gasteiger partial charge in [-0.2, -0.15) is 0 Å². The number of imide groups is 1. The second-order valence-electron chi connectivity index (χ2n) is 8.25. The first-order valence-corrected chi connectivity index (χ1v) is 11.7. The average molecular weight is 518 g/mol. The molecule has 0 radical (unpaired) electrons. The first-order valence-electron chi connectivity index (χ1n) is 10.6. The Kier molecular flexibility index (Phi) is 16.3. The number of hydrogen-bond acceptors (Lipinski definition) is 5. The van der Waals surface area contributed by atoms with Crippen LogP contribution in [0.2, 0.25) is 0 Å². The molecule has 3 amide bonds. The quantitative estimate of drug-likeness (QED) is 0.361. The minimum Gasteiger partial charge on any atom is -0.499 e. The number of nitrogens with zero attached hydrogens (tertiary/aromatic N) is 1. The molecule has 2 atom stereocenters. The number of ether oxygens (including phenoxy) is 2.